The van der Waals surface area contributed by atoms with Gasteiger partial charge in [0.05, 0.1) is 26.9 Å². The molecule has 4 heteroatoms. The van der Waals surface area contributed by atoms with Crippen LogP contribution < -0.4 is 4.74 Å². The average molecular weight is 327 g/mol. The summed E-state index contributed by atoms with van der Waals surface area (Å²) in [6.07, 6.45) is 0. The van der Waals surface area contributed by atoms with Gasteiger partial charge in [0.2, 0.25) is 0 Å². The van der Waals surface area contributed by atoms with E-state index in [2.05, 4.69) is 36.1 Å². The number of aliphatic hydroxyl groups excluding tert-OH is 1. The molecule has 128 valence electrons. The second-order valence-corrected chi connectivity index (χ2v) is 6.13. The summed E-state index contributed by atoms with van der Waals surface area (Å²) < 4.78 is 10.7. The summed E-state index contributed by atoms with van der Waals surface area (Å²) in [5.74, 6) is 0.721. The number of hydrogen-bond donors (Lipinski definition) is 1. The molecule has 2 aromatic carbocycles. The van der Waals surface area contributed by atoms with Crippen LogP contribution in [0.15, 0.2) is 42.5 Å². The fourth-order valence-corrected chi connectivity index (χ4v) is 3.21. The summed E-state index contributed by atoms with van der Waals surface area (Å²) >= 11 is 0. The summed E-state index contributed by atoms with van der Waals surface area (Å²) in [7, 11) is 1.62. The van der Waals surface area contributed by atoms with E-state index in [-0.39, 0.29) is 6.61 Å². The zero-order chi connectivity index (χ0) is 16.9. The first kappa shape index (κ1) is 17.0. The highest BCUT2D eigenvalue weighted by atomic mass is 16.5. The minimum atomic E-state index is -0.0246. The van der Waals surface area contributed by atoms with Gasteiger partial charge in [0, 0.05) is 24.7 Å². The van der Waals surface area contributed by atoms with Gasteiger partial charge in [-0.3, -0.25) is 4.90 Å². The van der Waals surface area contributed by atoms with Gasteiger partial charge in [-0.1, -0.05) is 30.3 Å². The maximum atomic E-state index is 9.49. The Morgan fingerprint density at radius 3 is 2.38 bits per heavy atom. The fourth-order valence-electron chi connectivity index (χ4n) is 3.21. The van der Waals surface area contributed by atoms with E-state index in [1.165, 1.54) is 5.56 Å². The topological polar surface area (TPSA) is 41.9 Å². The number of benzene rings is 2. The largest absolute Gasteiger partial charge is 0.496 e. The van der Waals surface area contributed by atoms with Gasteiger partial charge in [0.1, 0.15) is 5.75 Å². The Bertz CT molecular complexity index is 663. The Balaban J connectivity index is 1.79. The molecule has 0 aromatic heterocycles. The van der Waals surface area contributed by atoms with Crippen LogP contribution in [0.1, 0.15) is 24.1 Å². The van der Waals surface area contributed by atoms with Gasteiger partial charge in [-0.05, 0) is 35.7 Å². The third kappa shape index (κ3) is 3.61. The molecule has 1 saturated heterocycles. The van der Waals surface area contributed by atoms with Crippen LogP contribution in [0.25, 0.3) is 11.1 Å². The van der Waals surface area contributed by atoms with Crippen LogP contribution >= 0.6 is 0 Å². The Morgan fingerprint density at radius 2 is 1.75 bits per heavy atom. The van der Waals surface area contributed by atoms with Crippen molar-refractivity contribution in [3.63, 3.8) is 0 Å². The Labute approximate surface area is 143 Å². The molecule has 0 saturated carbocycles. The van der Waals surface area contributed by atoms with Crippen molar-refractivity contribution in [3.05, 3.63) is 53.6 Å². The van der Waals surface area contributed by atoms with E-state index in [9.17, 15) is 5.11 Å². The number of methoxy groups -OCH3 is 1. The minimum absolute atomic E-state index is 0.0246. The van der Waals surface area contributed by atoms with E-state index in [1.54, 1.807) is 7.11 Å². The Kier molecular flexibility index (Phi) is 5.51. The molecule has 1 N–H and O–H groups in total. The highest BCUT2D eigenvalue weighted by Crippen LogP contribution is 2.29. The van der Waals surface area contributed by atoms with Gasteiger partial charge in [-0.25, -0.2) is 0 Å². The molecule has 2 aromatic rings. The van der Waals surface area contributed by atoms with Crippen LogP contribution in [0.3, 0.4) is 0 Å². The quantitative estimate of drug-likeness (QED) is 0.915. The normalized spacial score (nSPS) is 16.8. The number of morpholine rings is 1. The lowest BCUT2D eigenvalue weighted by Crippen LogP contribution is -2.37. The molecule has 3 rings (SSSR count). The summed E-state index contributed by atoms with van der Waals surface area (Å²) in [4.78, 5) is 2.45. The number of ether oxygens (including phenoxy) is 2. The van der Waals surface area contributed by atoms with Gasteiger partial charge < -0.3 is 14.6 Å². The van der Waals surface area contributed by atoms with Crippen molar-refractivity contribution in [2.75, 3.05) is 33.4 Å². The van der Waals surface area contributed by atoms with Gasteiger partial charge in [0.25, 0.3) is 0 Å². The van der Waals surface area contributed by atoms with Crippen molar-refractivity contribution in [2.45, 2.75) is 19.6 Å². The van der Waals surface area contributed by atoms with Crippen molar-refractivity contribution in [3.8, 4) is 16.9 Å². The molecule has 1 aliphatic heterocycles. The third-order valence-corrected chi connectivity index (χ3v) is 4.77. The summed E-state index contributed by atoms with van der Waals surface area (Å²) in [6, 6.07) is 15.0. The standard InChI is InChI=1S/C20H25NO3/c1-15(21-9-11-24-12-10-21)16-3-5-17(6-4-16)18-7-8-20(23-2)19(13-18)14-22/h3-8,13,15,22H,9-12,14H2,1-2H3/t15-/m0/s1. The van der Waals surface area contributed by atoms with Crippen molar-refractivity contribution in [1.29, 1.82) is 0 Å². The van der Waals surface area contributed by atoms with Crippen LogP contribution in [0.5, 0.6) is 5.75 Å². The highest BCUT2D eigenvalue weighted by molar-refractivity contribution is 5.66. The lowest BCUT2D eigenvalue weighted by Gasteiger charge is -2.32. The number of rotatable bonds is 5. The predicted octanol–water partition coefficient (Wildman–Crippen LogP) is 3.25. The zero-order valence-corrected chi connectivity index (χ0v) is 14.4. The number of nitrogens with zero attached hydrogens (tertiary/aromatic N) is 1. The maximum absolute atomic E-state index is 9.49. The molecule has 0 spiro atoms. The van der Waals surface area contributed by atoms with Crippen LogP contribution in [0, 0.1) is 0 Å². The number of hydrogen-bond acceptors (Lipinski definition) is 4. The molecule has 0 unspecified atom stereocenters. The maximum Gasteiger partial charge on any atom is 0.124 e. The minimum Gasteiger partial charge on any atom is -0.496 e. The van der Waals surface area contributed by atoms with E-state index >= 15 is 0 Å². The van der Waals surface area contributed by atoms with E-state index in [0.717, 1.165) is 48.7 Å². The van der Waals surface area contributed by atoms with Crippen LogP contribution in [-0.2, 0) is 11.3 Å². The molecule has 1 heterocycles. The molecular weight excluding hydrogens is 302 g/mol. The summed E-state index contributed by atoms with van der Waals surface area (Å²) in [5, 5.41) is 9.49. The Morgan fingerprint density at radius 1 is 1.08 bits per heavy atom. The molecule has 0 radical (unpaired) electrons. The monoisotopic (exact) mass is 327 g/mol. The number of aliphatic hydroxyl groups is 1. The van der Waals surface area contributed by atoms with Crippen molar-refractivity contribution in [2.24, 2.45) is 0 Å². The second kappa shape index (κ2) is 7.79. The van der Waals surface area contributed by atoms with Crippen LogP contribution in [0.4, 0.5) is 0 Å². The molecule has 0 amide bonds. The first-order valence-corrected chi connectivity index (χ1v) is 8.43. The van der Waals surface area contributed by atoms with E-state index < -0.39 is 0 Å². The van der Waals surface area contributed by atoms with Crippen molar-refractivity contribution < 1.29 is 14.6 Å². The van der Waals surface area contributed by atoms with Crippen LogP contribution in [0.2, 0.25) is 0 Å². The van der Waals surface area contributed by atoms with Crippen molar-refractivity contribution in [1.82, 2.24) is 4.90 Å². The molecule has 1 aliphatic rings. The molecule has 1 fully saturated rings. The predicted molar refractivity (Wildman–Crippen MR) is 95.2 cm³/mol. The van der Waals surface area contributed by atoms with E-state index in [4.69, 9.17) is 9.47 Å². The van der Waals surface area contributed by atoms with Gasteiger partial charge in [-0.15, -0.1) is 0 Å². The van der Waals surface area contributed by atoms with Crippen LogP contribution in [-0.4, -0.2) is 43.4 Å². The first-order chi connectivity index (χ1) is 11.7. The van der Waals surface area contributed by atoms with Gasteiger partial charge in [-0.2, -0.15) is 0 Å². The average Bonchev–Trinajstić information content (AvgIpc) is 2.67. The van der Waals surface area contributed by atoms with Gasteiger partial charge >= 0.3 is 0 Å². The smallest absolute Gasteiger partial charge is 0.124 e. The SMILES string of the molecule is COc1ccc(-c2ccc([C@H](C)N3CCOCC3)cc2)cc1CO. The molecular formula is C20H25NO3. The van der Waals surface area contributed by atoms with E-state index in [1.807, 2.05) is 18.2 Å². The van der Waals surface area contributed by atoms with Crippen molar-refractivity contribution >= 4 is 0 Å². The lowest BCUT2D eigenvalue weighted by atomic mass is 9.99. The molecule has 4 nitrogen and oxygen atoms in total. The zero-order valence-electron chi connectivity index (χ0n) is 14.4. The third-order valence-electron chi connectivity index (χ3n) is 4.77. The fraction of sp³-hybridized carbons (Fsp3) is 0.400. The first-order valence-electron chi connectivity index (χ1n) is 8.43. The molecule has 1 atom stereocenters. The summed E-state index contributed by atoms with van der Waals surface area (Å²) in [5.41, 5.74) is 4.35. The molecule has 24 heavy (non-hydrogen) atoms. The highest BCUT2D eigenvalue weighted by Gasteiger charge is 2.18. The summed E-state index contributed by atoms with van der Waals surface area (Å²) in [6.45, 7) is 5.83. The molecule has 0 bridgehead atoms. The van der Waals surface area contributed by atoms with Gasteiger partial charge in [0.15, 0.2) is 0 Å². The lowest BCUT2D eigenvalue weighted by molar-refractivity contribution is 0.0198. The van der Waals surface area contributed by atoms with E-state index in [0.29, 0.717) is 6.04 Å². The second-order valence-electron chi connectivity index (χ2n) is 6.13. The molecule has 0 aliphatic carbocycles. The Hall–Kier alpha value is -1.88.